The average Bonchev–Trinajstić information content (AvgIpc) is 2.88. The van der Waals surface area contributed by atoms with Gasteiger partial charge in [-0.05, 0) is 55.7 Å². The Balaban J connectivity index is 1.50. The predicted molar refractivity (Wildman–Crippen MR) is 136 cm³/mol. The largest absolute Gasteiger partial charge is 0.480 e. The lowest BCUT2D eigenvalue weighted by atomic mass is 9.97. The number of unbranched alkanes of at least 4 members (excludes halogenated alkanes) is 1. The number of rotatable bonds is 12. The van der Waals surface area contributed by atoms with Crippen molar-refractivity contribution in [1.29, 1.82) is 0 Å². The van der Waals surface area contributed by atoms with Gasteiger partial charge in [-0.3, -0.25) is 24.6 Å². The van der Waals surface area contributed by atoms with Gasteiger partial charge in [-0.15, -0.1) is 0 Å². The molecule has 0 aliphatic carbocycles. The van der Waals surface area contributed by atoms with Crippen molar-refractivity contribution < 1.29 is 34.1 Å². The van der Waals surface area contributed by atoms with Crippen LogP contribution in [0.5, 0.6) is 0 Å². The summed E-state index contributed by atoms with van der Waals surface area (Å²) in [6, 6.07) is 14.7. The molecule has 0 fully saturated rings. The highest BCUT2D eigenvalue weighted by molar-refractivity contribution is 6.01. The lowest BCUT2D eigenvalue weighted by molar-refractivity contribution is -0.141. The lowest BCUT2D eigenvalue weighted by Gasteiger charge is -2.32. The molecule has 0 bridgehead atoms. The van der Waals surface area contributed by atoms with Crippen molar-refractivity contribution >= 4 is 29.6 Å². The molecule has 1 aliphatic rings. The van der Waals surface area contributed by atoms with Gasteiger partial charge in [0.15, 0.2) is 0 Å². The van der Waals surface area contributed by atoms with Crippen LogP contribution in [-0.4, -0.2) is 59.3 Å². The van der Waals surface area contributed by atoms with E-state index in [1.165, 1.54) is 4.90 Å². The van der Waals surface area contributed by atoms with Gasteiger partial charge in [0.1, 0.15) is 19.2 Å². The van der Waals surface area contributed by atoms with Gasteiger partial charge >= 0.3 is 18.0 Å². The number of nitrogens with zero attached hydrogens (tertiary/aromatic N) is 1. The second-order valence-corrected chi connectivity index (χ2v) is 8.93. The third kappa shape index (κ3) is 8.60. The topological polar surface area (TPSA) is 145 Å². The van der Waals surface area contributed by atoms with Crippen LogP contribution in [0.3, 0.4) is 0 Å². The number of anilines is 1. The zero-order valence-electron chi connectivity index (χ0n) is 20.6. The minimum Gasteiger partial charge on any atom is -0.480 e. The SMILES string of the molecule is O=C(O)CN1C(=O)C(N[C@@H](CCCCNC(=O)OCc2ccccc2)C(=O)O)CCCc2ccccc21. The van der Waals surface area contributed by atoms with E-state index in [4.69, 9.17) is 4.74 Å². The molecule has 3 rings (SSSR count). The summed E-state index contributed by atoms with van der Waals surface area (Å²) in [5.74, 6) is -2.69. The zero-order chi connectivity index (χ0) is 26.6. The van der Waals surface area contributed by atoms with E-state index in [1.807, 2.05) is 42.5 Å². The molecule has 0 saturated carbocycles. The summed E-state index contributed by atoms with van der Waals surface area (Å²) in [6.07, 6.45) is 2.42. The second kappa shape index (κ2) is 14.0. The number of aliphatic carboxylic acids is 2. The van der Waals surface area contributed by atoms with E-state index in [9.17, 15) is 29.4 Å². The Morgan fingerprint density at radius 1 is 1.03 bits per heavy atom. The van der Waals surface area contributed by atoms with Crippen LogP contribution in [0.25, 0.3) is 0 Å². The van der Waals surface area contributed by atoms with Crippen LogP contribution in [-0.2, 0) is 32.1 Å². The average molecular weight is 512 g/mol. The number of hydrogen-bond donors (Lipinski definition) is 4. The summed E-state index contributed by atoms with van der Waals surface area (Å²) >= 11 is 0. The van der Waals surface area contributed by atoms with E-state index in [2.05, 4.69) is 10.6 Å². The van der Waals surface area contributed by atoms with E-state index in [1.54, 1.807) is 12.1 Å². The van der Waals surface area contributed by atoms with Gasteiger partial charge in [0.25, 0.3) is 0 Å². The molecule has 4 N–H and O–H groups in total. The fourth-order valence-electron chi connectivity index (χ4n) is 4.32. The van der Waals surface area contributed by atoms with Crippen LogP contribution < -0.4 is 15.5 Å². The highest BCUT2D eigenvalue weighted by atomic mass is 16.5. The van der Waals surface area contributed by atoms with Crippen LogP contribution in [0.4, 0.5) is 10.5 Å². The van der Waals surface area contributed by atoms with E-state index < -0.39 is 42.6 Å². The molecule has 0 radical (unpaired) electrons. The highest BCUT2D eigenvalue weighted by Crippen LogP contribution is 2.26. The fraction of sp³-hybridized carbons (Fsp3) is 0.407. The molecule has 2 amide bonds. The molecular weight excluding hydrogens is 478 g/mol. The van der Waals surface area contributed by atoms with E-state index in [-0.39, 0.29) is 13.0 Å². The normalized spacial score (nSPS) is 16.2. The van der Waals surface area contributed by atoms with Crippen LogP contribution >= 0.6 is 0 Å². The first-order chi connectivity index (χ1) is 17.8. The van der Waals surface area contributed by atoms with Crippen LogP contribution in [0, 0.1) is 0 Å². The molecule has 0 spiro atoms. The van der Waals surface area contributed by atoms with Crippen molar-refractivity contribution in [3.8, 4) is 0 Å². The first-order valence-electron chi connectivity index (χ1n) is 12.4. The molecule has 198 valence electrons. The Labute approximate surface area is 215 Å². The van der Waals surface area contributed by atoms with Crippen LogP contribution in [0.1, 0.15) is 43.2 Å². The van der Waals surface area contributed by atoms with Gasteiger partial charge in [0.05, 0.1) is 6.04 Å². The summed E-state index contributed by atoms with van der Waals surface area (Å²) in [5.41, 5.74) is 2.31. The zero-order valence-corrected chi connectivity index (χ0v) is 20.6. The smallest absolute Gasteiger partial charge is 0.407 e. The maximum atomic E-state index is 13.3. The summed E-state index contributed by atoms with van der Waals surface area (Å²) in [4.78, 5) is 49.8. The number of carbonyl (C=O) groups excluding carboxylic acids is 2. The number of nitrogens with one attached hydrogen (secondary N) is 2. The molecule has 10 nitrogen and oxygen atoms in total. The molecule has 37 heavy (non-hydrogen) atoms. The number of amides is 2. The number of para-hydroxylation sites is 1. The second-order valence-electron chi connectivity index (χ2n) is 8.93. The van der Waals surface area contributed by atoms with E-state index >= 15 is 0 Å². The number of aryl methyl sites for hydroxylation is 1. The van der Waals surface area contributed by atoms with E-state index in [0.29, 0.717) is 44.3 Å². The molecule has 1 heterocycles. The Kier molecular flexibility index (Phi) is 10.5. The molecule has 0 aromatic heterocycles. The Bertz CT molecular complexity index is 1080. The quantitative estimate of drug-likeness (QED) is 0.318. The van der Waals surface area contributed by atoms with Gasteiger partial charge in [0, 0.05) is 12.2 Å². The number of fused-ring (bicyclic) bond motifs is 1. The number of ether oxygens (including phenoxy) is 1. The summed E-state index contributed by atoms with van der Waals surface area (Å²) < 4.78 is 5.15. The Morgan fingerprint density at radius 2 is 1.76 bits per heavy atom. The van der Waals surface area contributed by atoms with E-state index in [0.717, 1.165) is 11.1 Å². The summed E-state index contributed by atoms with van der Waals surface area (Å²) in [5, 5.41) is 24.7. The van der Waals surface area contributed by atoms with Crippen molar-refractivity contribution in [3.05, 3.63) is 65.7 Å². The summed E-state index contributed by atoms with van der Waals surface area (Å²) in [6.45, 7) is -0.0141. The third-order valence-electron chi connectivity index (χ3n) is 6.18. The molecule has 0 saturated heterocycles. The van der Waals surface area contributed by atoms with Crippen LogP contribution in [0.2, 0.25) is 0 Å². The van der Waals surface area contributed by atoms with Gasteiger partial charge < -0.3 is 20.3 Å². The number of hydrogen-bond acceptors (Lipinski definition) is 6. The van der Waals surface area contributed by atoms with Gasteiger partial charge in [-0.25, -0.2) is 4.79 Å². The Morgan fingerprint density at radius 3 is 2.49 bits per heavy atom. The molecule has 1 unspecified atom stereocenters. The number of carboxylic acid groups (broad SMARTS) is 2. The monoisotopic (exact) mass is 511 g/mol. The molecule has 2 atom stereocenters. The lowest BCUT2D eigenvalue weighted by Crippen LogP contribution is -2.54. The molecule has 2 aromatic carbocycles. The minimum atomic E-state index is -1.15. The number of carbonyl (C=O) groups is 4. The number of carboxylic acids is 2. The summed E-state index contributed by atoms with van der Waals surface area (Å²) in [7, 11) is 0. The first-order valence-corrected chi connectivity index (χ1v) is 12.4. The van der Waals surface area contributed by atoms with Crippen molar-refractivity contribution in [2.75, 3.05) is 18.0 Å². The fourth-order valence-corrected chi connectivity index (χ4v) is 4.32. The first kappa shape index (κ1) is 27.7. The molecular formula is C27H33N3O7. The predicted octanol–water partition coefficient (Wildman–Crippen LogP) is 2.95. The van der Waals surface area contributed by atoms with Crippen LogP contribution in [0.15, 0.2) is 54.6 Å². The van der Waals surface area contributed by atoms with Crippen molar-refractivity contribution in [2.45, 2.75) is 57.2 Å². The molecule has 10 heteroatoms. The third-order valence-corrected chi connectivity index (χ3v) is 6.18. The van der Waals surface area contributed by atoms with Gasteiger partial charge in [-0.1, -0.05) is 48.5 Å². The standard InChI is InChI=1S/C27H33N3O7/c31-24(32)17-30-23-15-5-4-11-20(23)12-8-14-21(25(30)33)29-22(26(34)35)13-6-7-16-28-27(36)37-18-19-9-2-1-3-10-19/h1-5,9-11,15,21-22,29H,6-8,12-14,16-18H2,(H,28,36)(H,31,32)(H,34,35)/t21?,22-/m0/s1. The van der Waals surface area contributed by atoms with Crippen molar-refractivity contribution in [1.82, 2.24) is 10.6 Å². The molecule has 1 aliphatic heterocycles. The Hall–Kier alpha value is -3.92. The maximum absolute atomic E-state index is 13.3. The highest BCUT2D eigenvalue weighted by Gasteiger charge is 2.32. The number of alkyl carbamates (subject to hydrolysis) is 1. The molecule has 2 aromatic rings. The van der Waals surface area contributed by atoms with Gasteiger partial charge in [-0.2, -0.15) is 0 Å². The van der Waals surface area contributed by atoms with Crippen molar-refractivity contribution in [3.63, 3.8) is 0 Å². The maximum Gasteiger partial charge on any atom is 0.407 e. The van der Waals surface area contributed by atoms with Crippen molar-refractivity contribution in [2.24, 2.45) is 0 Å². The van der Waals surface area contributed by atoms with Gasteiger partial charge in [0.2, 0.25) is 5.91 Å². The minimum absolute atomic E-state index is 0.163. The number of benzene rings is 2.